The Hall–Kier alpha value is -3.84. The molecule has 0 aliphatic carbocycles. The van der Waals surface area contributed by atoms with Crippen LogP contribution in [0.5, 0.6) is 0 Å². The van der Waals surface area contributed by atoms with Crippen LogP contribution in [0.4, 0.5) is 0 Å². The molecule has 4 rings (SSSR count). The fraction of sp³-hybridized carbons (Fsp3) is 0.160. The summed E-state index contributed by atoms with van der Waals surface area (Å²) in [5, 5.41) is 11.7. The molecule has 8 heteroatoms. The normalized spacial score (nSPS) is 15.8. The average Bonchev–Trinajstić information content (AvgIpc) is 3.20. The van der Waals surface area contributed by atoms with Crippen molar-refractivity contribution < 1.29 is 4.79 Å². The van der Waals surface area contributed by atoms with Gasteiger partial charge in [-0.3, -0.25) is 9.79 Å². The van der Waals surface area contributed by atoms with E-state index in [-0.39, 0.29) is 5.91 Å². The molecule has 1 aromatic carbocycles. The van der Waals surface area contributed by atoms with Crippen molar-refractivity contribution >= 4 is 34.9 Å². The molecule has 0 spiro atoms. The van der Waals surface area contributed by atoms with Gasteiger partial charge in [-0.2, -0.15) is 0 Å². The van der Waals surface area contributed by atoms with Crippen LogP contribution in [0.25, 0.3) is 22.4 Å². The molecule has 0 fully saturated rings. The van der Waals surface area contributed by atoms with E-state index >= 15 is 0 Å². The average molecular weight is 459 g/mol. The molecular weight excluding hydrogens is 436 g/mol. The van der Waals surface area contributed by atoms with E-state index in [0.717, 1.165) is 16.7 Å². The molecule has 3 heterocycles. The Labute approximate surface area is 196 Å². The Kier molecular flexibility index (Phi) is 6.90. The molecule has 1 N–H and O–H groups in total. The molecule has 1 aliphatic heterocycles. The lowest BCUT2D eigenvalue weighted by atomic mass is 10.1. The highest BCUT2D eigenvalue weighted by Gasteiger charge is 2.13. The number of carbonyl (C=O) groups excluding carboxylic acids is 1. The first-order chi connectivity index (χ1) is 16.0. The van der Waals surface area contributed by atoms with E-state index in [9.17, 15) is 4.79 Å². The highest BCUT2D eigenvalue weighted by Crippen LogP contribution is 2.26. The number of rotatable bonds is 5. The van der Waals surface area contributed by atoms with Gasteiger partial charge in [-0.05, 0) is 48.4 Å². The smallest absolute Gasteiger partial charge is 0.252 e. The molecule has 0 atom stereocenters. The predicted octanol–water partition coefficient (Wildman–Crippen LogP) is 4.58. The molecule has 33 heavy (non-hydrogen) atoms. The molecule has 2 aromatic heterocycles. The van der Waals surface area contributed by atoms with Gasteiger partial charge < -0.3 is 5.32 Å². The summed E-state index contributed by atoms with van der Waals surface area (Å²) >= 11 is 6.38. The lowest BCUT2D eigenvalue weighted by Crippen LogP contribution is -2.22. The third kappa shape index (κ3) is 5.32. The van der Waals surface area contributed by atoms with Crippen molar-refractivity contribution in [1.82, 2.24) is 25.3 Å². The summed E-state index contributed by atoms with van der Waals surface area (Å²) in [6.07, 6.45) is 11.6. The largest absolute Gasteiger partial charge is 0.352 e. The molecule has 0 radical (unpaired) electrons. The van der Waals surface area contributed by atoms with E-state index in [1.807, 2.05) is 55.5 Å². The number of hydrogen-bond acceptors (Lipinski definition) is 5. The summed E-state index contributed by atoms with van der Waals surface area (Å²) in [4.78, 5) is 21.2. The number of aromatic nitrogens is 4. The van der Waals surface area contributed by atoms with Crippen molar-refractivity contribution in [3.05, 3.63) is 89.0 Å². The van der Waals surface area contributed by atoms with Crippen molar-refractivity contribution in [2.75, 3.05) is 13.1 Å². The monoisotopic (exact) mass is 458 g/mol. The van der Waals surface area contributed by atoms with Gasteiger partial charge in [0.05, 0.1) is 29.4 Å². The summed E-state index contributed by atoms with van der Waals surface area (Å²) < 4.78 is 1.76. The van der Waals surface area contributed by atoms with E-state index < -0.39 is 0 Å². The van der Waals surface area contributed by atoms with Gasteiger partial charge >= 0.3 is 0 Å². The maximum absolute atomic E-state index is 12.1. The molecule has 1 aliphatic rings. The molecule has 0 bridgehead atoms. The standard InChI is InChI=1S/C25H23ClN6O/c1-3-28-25(33)20-9-8-19(15-21(20)26)22-10-11-23-24(29-22)32(31-30-23)16-18-7-5-13-27-12-4-6-17(2)14-18/h4-12,14-15H,2-3,13,16H2,1H3,(H,28,33)/b6-4-,7-5-,18-14?,27-12?. The van der Waals surface area contributed by atoms with Crippen LogP contribution < -0.4 is 5.32 Å². The van der Waals surface area contributed by atoms with Crippen LogP contribution >= 0.6 is 11.6 Å². The van der Waals surface area contributed by atoms with Gasteiger partial charge in [0.1, 0.15) is 5.52 Å². The number of benzene rings is 1. The maximum atomic E-state index is 12.1. The van der Waals surface area contributed by atoms with Crippen LogP contribution in [0.1, 0.15) is 17.3 Å². The van der Waals surface area contributed by atoms with Gasteiger partial charge in [-0.25, -0.2) is 9.67 Å². The van der Waals surface area contributed by atoms with Crippen molar-refractivity contribution in [3.63, 3.8) is 0 Å². The zero-order valence-electron chi connectivity index (χ0n) is 18.2. The van der Waals surface area contributed by atoms with Crippen LogP contribution in [-0.2, 0) is 6.54 Å². The van der Waals surface area contributed by atoms with Crippen LogP contribution in [0.3, 0.4) is 0 Å². The van der Waals surface area contributed by atoms with E-state index in [2.05, 4.69) is 27.2 Å². The lowest BCUT2D eigenvalue weighted by Gasteiger charge is -2.08. The van der Waals surface area contributed by atoms with Crippen molar-refractivity contribution in [2.24, 2.45) is 4.99 Å². The van der Waals surface area contributed by atoms with Gasteiger partial charge in [0.2, 0.25) is 0 Å². The number of carbonyl (C=O) groups is 1. The van der Waals surface area contributed by atoms with Gasteiger partial charge in [0, 0.05) is 18.3 Å². The van der Waals surface area contributed by atoms with Crippen LogP contribution in [0.2, 0.25) is 5.02 Å². The summed E-state index contributed by atoms with van der Waals surface area (Å²) in [5.41, 5.74) is 5.17. The van der Waals surface area contributed by atoms with Crippen molar-refractivity contribution in [2.45, 2.75) is 13.5 Å². The molecular formula is C25H23ClN6O. The zero-order valence-corrected chi connectivity index (χ0v) is 19.0. The number of pyridine rings is 1. The number of hydrogen-bond donors (Lipinski definition) is 1. The highest BCUT2D eigenvalue weighted by molar-refractivity contribution is 6.34. The second-order valence-corrected chi connectivity index (χ2v) is 7.82. The number of fused-ring (bicyclic) bond motifs is 1. The fourth-order valence-electron chi connectivity index (χ4n) is 3.39. The van der Waals surface area contributed by atoms with Gasteiger partial charge in [0.15, 0.2) is 5.65 Å². The number of allylic oxidation sites excluding steroid dienone is 6. The summed E-state index contributed by atoms with van der Waals surface area (Å²) in [7, 11) is 0. The van der Waals surface area contributed by atoms with E-state index in [0.29, 0.717) is 47.1 Å². The van der Waals surface area contributed by atoms with Crippen molar-refractivity contribution in [3.8, 4) is 11.3 Å². The quantitative estimate of drug-likeness (QED) is 0.606. The Morgan fingerprint density at radius 3 is 2.94 bits per heavy atom. The minimum atomic E-state index is -0.200. The van der Waals surface area contributed by atoms with Gasteiger partial charge in [0.25, 0.3) is 5.91 Å². The number of nitrogens with one attached hydrogen (secondary N) is 1. The minimum Gasteiger partial charge on any atom is -0.352 e. The SMILES string of the molecule is C=C1C=C(Cn2nnc3ccc(-c4ccc(C(=O)NCC)c(Cl)c4)nc32)/C=C\CN=C/C=C\1. The van der Waals surface area contributed by atoms with Crippen LogP contribution in [0.15, 0.2) is 83.4 Å². The molecule has 0 saturated heterocycles. The molecule has 166 valence electrons. The first-order valence-electron chi connectivity index (χ1n) is 10.6. The first-order valence-corrected chi connectivity index (χ1v) is 10.9. The number of amides is 1. The van der Waals surface area contributed by atoms with Crippen LogP contribution in [0, 0.1) is 0 Å². The summed E-state index contributed by atoms with van der Waals surface area (Å²) in [6, 6.07) is 9.04. The van der Waals surface area contributed by atoms with E-state index in [1.54, 1.807) is 23.0 Å². The third-order valence-corrected chi connectivity index (χ3v) is 5.27. The lowest BCUT2D eigenvalue weighted by molar-refractivity contribution is 0.0956. The Balaban J connectivity index is 1.65. The Morgan fingerprint density at radius 1 is 1.24 bits per heavy atom. The molecule has 0 unspecified atom stereocenters. The Bertz CT molecular complexity index is 1330. The topological polar surface area (TPSA) is 85.1 Å². The van der Waals surface area contributed by atoms with E-state index in [1.165, 1.54) is 0 Å². The number of halogens is 1. The number of aliphatic imine (C=N–C) groups is 1. The molecule has 0 saturated carbocycles. The molecule has 3 aromatic rings. The minimum absolute atomic E-state index is 0.200. The van der Waals surface area contributed by atoms with Gasteiger partial charge in [-0.15, -0.1) is 5.10 Å². The Morgan fingerprint density at radius 2 is 2.12 bits per heavy atom. The fourth-order valence-corrected chi connectivity index (χ4v) is 3.66. The zero-order chi connectivity index (χ0) is 23.2. The predicted molar refractivity (Wildman–Crippen MR) is 133 cm³/mol. The maximum Gasteiger partial charge on any atom is 0.252 e. The third-order valence-electron chi connectivity index (χ3n) is 4.95. The number of nitrogens with zero attached hydrogens (tertiary/aromatic N) is 5. The highest BCUT2D eigenvalue weighted by atomic mass is 35.5. The summed E-state index contributed by atoms with van der Waals surface area (Å²) in [5.74, 6) is -0.200. The second-order valence-electron chi connectivity index (χ2n) is 7.41. The first kappa shape index (κ1) is 22.4. The van der Waals surface area contributed by atoms with Crippen LogP contribution in [-0.4, -0.2) is 45.2 Å². The van der Waals surface area contributed by atoms with Crippen molar-refractivity contribution in [1.29, 1.82) is 0 Å². The second kappa shape index (κ2) is 10.2. The summed E-state index contributed by atoms with van der Waals surface area (Å²) in [6.45, 7) is 7.54. The van der Waals surface area contributed by atoms with Gasteiger partial charge in [-0.1, -0.05) is 53.8 Å². The molecule has 7 nitrogen and oxygen atoms in total. The molecule has 1 amide bonds. The van der Waals surface area contributed by atoms with E-state index in [4.69, 9.17) is 16.6 Å².